The number of nitrogens with one attached hydrogen (secondary N) is 1. The Morgan fingerprint density at radius 3 is 2.26 bits per heavy atom. The molecule has 0 fully saturated rings. The van der Waals surface area contributed by atoms with Crippen molar-refractivity contribution in [2.45, 2.75) is 58.2 Å². The minimum absolute atomic E-state index is 0.415. The van der Waals surface area contributed by atoms with E-state index in [0.29, 0.717) is 18.1 Å². The monoisotopic (exact) mass is 274 g/mol. The lowest BCUT2D eigenvalue weighted by atomic mass is 9.98. The van der Waals surface area contributed by atoms with Gasteiger partial charge in [-0.15, -0.1) is 0 Å². The highest BCUT2D eigenvalue weighted by atomic mass is 16.5. The standard InChI is InChI=1S/C15H34N2O2/c1-7-9-14(16-4)15(8-2)17(10-11-18-5)13(3)12-19-6/h13-16H,7-12H2,1-6H3. The maximum absolute atomic E-state index is 5.33. The molecule has 4 heteroatoms. The van der Waals surface area contributed by atoms with Gasteiger partial charge >= 0.3 is 0 Å². The summed E-state index contributed by atoms with van der Waals surface area (Å²) in [5.74, 6) is 0. The van der Waals surface area contributed by atoms with Crippen LogP contribution in [0.5, 0.6) is 0 Å². The van der Waals surface area contributed by atoms with E-state index in [9.17, 15) is 0 Å². The van der Waals surface area contributed by atoms with Gasteiger partial charge in [-0.25, -0.2) is 0 Å². The van der Waals surface area contributed by atoms with Gasteiger partial charge in [0.25, 0.3) is 0 Å². The van der Waals surface area contributed by atoms with Gasteiger partial charge < -0.3 is 14.8 Å². The predicted octanol–water partition coefficient (Wildman–Crippen LogP) is 2.14. The van der Waals surface area contributed by atoms with Gasteiger partial charge in [-0.2, -0.15) is 0 Å². The van der Waals surface area contributed by atoms with Gasteiger partial charge in [-0.3, -0.25) is 4.90 Å². The second-order valence-corrected chi connectivity index (χ2v) is 5.19. The molecule has 0 aliphatic heterocycles. The Morgan fingerprint density at radius 1 is 1.16 bits per heavy atom. The fraction of sp³-hybridized carbons (Fsp3) is 1.00. The van der Waals surface area contributed by atoms with Gasteiger partial charge in [0.05, 0.1) is 13.2 Å². The van der Waals surface area contributed by atoms with Crippen molar-refractivity contribution in [3.8, 4) is 0 Å². The zero-order valence-corrected chi connectivity index (χ0v) is 13.7. The highest BCUT2D eigenvalue weighted by molar-refractivity contribution is 4.85. The maximum Gasteiger partial charge on any atom is 0.0615 e. The number of hydrogen-bond acceptors (Lipinski definition) is 4. The first-order valence-electron chi connectivity index (χ1n) is 7.56. The second-order valence-electron chi connectivity index (χ2n) is 5.19. The Bertz CT molecular complexity index is 203. The molecule has 19 heavy (non-hydrogen) atoms. The molecule has 0 saturated carbocycles. The van der Waals surface area contributed by atoms with Crippen molar-refractivity contribution in [3.05, 3.63) is 0 Å². The Labute approximate surface area is 119 Å². The van der Waals surface area contributed by atoms with E-state index >= 15 is 0 Å². The van der Waals surface area contributed by atoms with Crippen molar-refractivity contribution >= 4 is 0 Å². The van der Waals surface area contributed by atoms with Crippen LogP contribution < -0.4 is 5.32 Å². The molecule has 4 nitrogen and oxygen atoms in total. The van der Waals surface area contributed by atoms with Gasteiger partial charge in [-0.1, -0.05) is 20.3 Å². The molecule has 3 unspecified atom stereocenters. The molecule has 0 aliphatic rings. The Kier molecular flexibility index (Phi) is 11.6. The number of hydrogen-bond donors (Lipinski definition) is 1. The van der Waals surface area contributed by atoms with Crippen molar-refractivity contribution in [1.82, 2.24) is 10.2 Å². The average molecular weight is 274 g/mol. The van der Waals surface area contributed by atoms with Crippen LogP contribution in [0.3, 0.4) is 0 Å². The quantitative estimate of drug-likeness (QED) is 0.591. The molecule has 0 bridgehead atoms. The van der Waals surface area contributed by atoms with Gasteiger partial charge in [0, 0.05) is 38.9 Å². The molecule has 0 aliphatic carbocycles. The van der Waals surface area contributed by atoms with Crippen LogP contribution in [0.1, 0.15) is 40.0 Å². The summed E-state index contributed by atoms with van der Waals surface area (Å²) in [6.45, 7) is 9.25. The second kappa shape index (κ2) is 11.6. The molecule has 0 spiro atoms. The van der Waals surface area contributed by atoms with Crippen LogP contribution in [0.25, 0.3) is 0 Å². The molecule has 1 N–H and O–H groups in total. The van der Waals surface area contributed by atoms with E-state index in [1.54, 1.807) is 14.2 Å². The number of methoxy groups -OCH3 is 2. The topological polar surface area (TPSA) is 33.7 Å². The van der Waals surface area contributed by atoms with Gasteiger partial charge in [-0.05, 0) is 26.8 Å². The van der Waals surface area contributed by atoms with E-state index in [4.69, 9.17) is 9.47 Å². The van der Waals surface area contributed by atoms with E-state index in [1.807, 2.05) is 0 Å². The summed E-state index contributed by atoms with van der Waals surface area (Å²) in [7, 11) is 5.60. The lowest BCUT2D eigenvalue weighted by Crippen LogP contribution is -2.54. The molecule has 3 atom stereocenters. The summed E-state index contributed by atoms with van der Waals surface area (Å²) in [5, 5.41) is 3.48. The number of likely N-dealkylation sites (N-methyl/N-ethyl adjacent to an activating group) is 1. The Morgan fingerprint density at radius 2 is 1.84 bits per heavy atom. The zero-order valence-electron chi connectivity index (χ0n) is 13.7. The molecule has 0 aromatic carbocycles. The smallest absolute Gasteiger partial charge is 0.0615 e. The Balaban J connectivity index is 4.81. The van der Waals surface area contributed by atoms with Crippen LogP contribution in [0.4, 0.5) is 0 Å². The molecule has 0 heterocycles. The van der Waals surface area contributed by atoms with E-state index in [1.165, 1.54) is 12.8 Å². The summed E-state index contributed by atoms with van der Waals surface area (Å²) in [5.41, 5.74) is 0. The third-order valence-corrected chi connectivity index (χ3v) is 3.81. The zero-order chi connectivity index (χ0) is 14.7. The van der Waals surface area contributed by atoms with Crippen LogP contribution in [0, 0.1) is 0 Å². The summed E-state index contributed by atoms with van der Waals surface area (Å²) in [6.07, 6.45) is 3.56. The molecule has 0 radical (unpaired) electrons. The minimum Gasteiger partial charge on any atom is -0.383 e. The van der Waals surface area contributed by atoms with Crippen molar-refractivity contribution in [2.24, 2.45) is 0 Å². The van der Waals surface area contributed by atoms with Gasteiger partial charge in [0.2, 0.25) is 0 Å². The molecule has 116 valence electrons. The lowest BCUT2D eigenvalue weighted by Gasteiger charge is -2.40. The number of nitrogens with zero attached hydrogens (tertiary/aromatic N) is 1. The van der Waals surface area contributed by atoms with Crippen LogP contribution in [0.2, 0.25) is 0 Å². The van der Waals surface area contributed by atoms with E-state index in [-0.39, 0.29) is 0 Å². The lowest BCUT2D eigenvalue weighted by molar-refractivity contribution is 0.0327. The first-order chi connectivity index (χ1) is 9.15. The maximum atomic E-state index is 5.33. The number of ether oxygens (including phenoxy) is 2. The predicted molar refractivity (Wildman–Crippen MR) is 81.8 cm³/mol. The molecule has 0 aromatic rings. The molecule has 0 amide bonds. The fourth-order valence-electron chi connectivity index (χ4n) is 2.84. The Hall–Kier alpha value is -0.160. The van der Waals surface area contributed by atoms with Crippen LogP contribution >= 0.6 is 0 Å². The SMILES string of the molecule is CCCC(NC)C(CC)N(CCOC)C(C)COC. The highest BCUT2D eigenvalue weighted by Crippen LogP contribution is 2.16. The van der Waals surface area contributed by atoms with Gasteiger partial charge in [0.1, 0.15) is 0 Å². The van der Waals surface area contributed by atoms with Crippen molar-refractivity contribution in [2.75, 3.05) is 41.0 Å². The summed E-state index contributed by atoms with van der Waals surface area (Å²) >= 11 is 0. The van der Waals surface area contributed by atoms with Crippen molar-refractivity contribution in [1.29, 1.82) is 0 Å². The first-order valence-corrected chi connectivity index (χ1v) is 7.56. The molecule has 0 rings (SSSR count). The summed E-state index contributed by atoms with van der Waals surface area (Å²) in [6, 6.07) is 1.48. The number of rotatable bonds is 12. The molecule has 0 aromatic heterocycles. The fourth-order valence-corrected chi connectivity index (χ4v) is 2.84. The van der Waals surface area contributed by atoms with E-state index in [0.717, 1.165) is 26.2 Å². The van der Waals surface area contributed by atoms with Crippen molar-refractivity contribution < 1.29 is 9.47 Å². The van der Waals surface area contributed by atoms with E-state index in [2.05, 4.69) is 38.0 Å². The van der Waals surface area contributed by atoms with Gasteiger partial charge in [0.15, 0.2) is 0 Å². The van der Waals surface area contributed by atoms with Crippen LogP contribution in [-0.2, 0) is 9.47 Å². The normalized spacial score (nSPS) is 16.6. The molecule has 0 saturated heterocycles. The average Bonchev–Trinajstić information content (AvgIpc) is 2.41. The molecular formula is C15H34N2O2. The van der Waals surface area contributed by atoms with Crippen LogP contribution in [-0.4, -0.2) is 64.1 Å². The summed E-state index contributed by atoms with van der Waals surface area (Å²) < 4.78 is 10.6. The molecular weight excluding hydrogens is 240 g/mol. The largest absolute Gasteiger partial charge is 0.383 e. The van der Waals surface area contributed by atoms with Crippen LogP contribution in [0.15, 0.2) is 0 Å². The third-order valence-electron chi connectivity index (χ3n) is 3.81. The van der Waals surface area contributed by atoms with Crippen molar-refractivity contribution in [3.63, 3.8) is 0 Å². The third kappa shape index (κ3) is 6.70. The summed E-state index contributed by atoms with van der Waals surface area (Å²) in [4.78, 5) is 2.53. The van der Waals surface area contributed by atoms with E-state index < -0.39 is 0 Å². The highest BCUT2D eigenvalue weighted by Gasteiger charge is 2.27. The minimum atomic E-state index is 0.415. The first kappa shape index (κ1) is 18.8.